The molecule has 0 spiro atoms. The van der Waals surface area contributed by atoms with Crippen molar-refractivity contribution in [1.82, 2.24) is 14.8 Å². The number of carbonyl (C=O) groups is 2. The third-order valence-electron chi connectivity index (χ3n) is 4.08. The molecule has 0 N–H and O–H groups in total. The van der Waals surface area contributed by atoms with E-state index in [2.05, 4.69) is 4.98 Å². The summed E-state index contributed by atoms with van der Waals surface area (Å²) < 4.78 is 0. The monoisotopic (exact) mass is 343 g/mol. The SMILES string of the molecule is O=C(c1cccnc1)N1CCCN(C(=O)c2ccccc2Cl)CC1. The van der Waals surface area contributed by atoms with Gasteiger partial charge in [-0.15, -0.1) is 0 Å². The molecule has 2 aromatic rings. The van der Waals surface area contributed by atoms with E-state index in [0.29, 0.717) is 42.3 Å². The Morgan fingerprint density at radius 2 is 1.62 bits per heavy atom. The molecule has 0 atom stereocenters. The Balaban J connectivity index is 1.68. The quantitative estimate of drug-likeness (QED) is 0.842. The van der Waals surface area contributed by atoms with Crippen molar-refractivity contribution in [2.75, 3.05) is 26.2 Å². The zero-order chi connectivity index (χ0) is 16.9. The van der Waals surface area contributed by atoms with Crippen LogP contribution in [0.25, 0.3) is 0 Å². The second-order valence-corrected chi connectivity index (χ2v) is 6.07. The molecule has 2 amide bonds. The zero-order valence-corrected chi connectivity index (χ0v) is 13.9. The molecule has 1 aliphatic rings. The Morgan fingerprint density at radius 3 is 2.29 bits per heavy atom. The average molecular weight is 344 g/mol. The summed E-state index contributed by atoms with van der Waals surface area (Å²) in [5.74, 6) is -0.133. The summed E-state index contributed by atoms with van der Waals surface area (Å²) in [5, 5.41) is 0.454. The van der Waals surface area contributed by atoms with Crippen LogP contribution < -0.4 is 0 Å². The number of halogens is 1. The summed E-state index contributed by atoms with van der Waals surface area (Å²) in [5.41, 5.74) is 1.08. The van der Waals surface area contributed by atoms with Gasteiger partial charge < -0.3 is 9.80 Å². The van der Waals surface area contributed by atoms with E-state index in [4.69, 9.17) is 11.6 Å². The Labute approximate surface area is 145 Å². The summed E-state index contributed by atoms with van der Waals surface area (Å²) in [4.78, 5) is 32.7. The van der Waals surface area contributed by atoms with Crippen molar-refractivity contribution in [2.45, 2.75) is 6.42 Å². The van der Waals surface area contributed by atoms with Gasteiger partial charge in [-0.25, -0.2) is 0 Å². The number of rotatable bonds is 2. The Hall–Kier alpha value is -2.40. The smallest absolute Gasteiger partial charge is 0.255 e. The van der Waals surface area contributed by atoms with Crippen LogP contribution in [0.5, 0.6) is 0 Å². The molecule has 1 aliphatic heterocycles. The minimum absolute atomic E-state index is 0.0462. The topological polar surface area (TPSA) is 53.5 Å². The molecule has 0 unspecified atom stereocenters. The predicted molar refractivity (Wildman–Crippen MR) is 92.1 cm³/mol. The third-order valence-corrected chi connectivity index (χ3v) is 4.41. The molecule has 2 heterocycles. The van der Waals surface area contributed by atoms with Gasteiger partial charge in [-0.1, -0.05) is 23.7 Å². The summed E-state index contributed by atoms with van der Waals surface area (Å²) in [6.45, 7) is 2.24. The minimum atomic E-state index is -0.0868. The first-order chi connectivity index (χ1) is 11.7. The molecule has 0 aliphatic carbocycles. The van der Waals surface area contributed by atoms with Crippen LogP contribution in [0.2, 0.25) is 5.02 Å². The number of carbonyl (C=O) groups excluding carboxylic acids is 2. The predicted octanol–water partition coefficient (Wildman–Crippen LogP) is 2.72. The van der Waals surface area contributed by atoms with E-state index in [0.717, 1.165) is 6.42 Å². The van der Waals surface area contributed by atoms with Crippen LogP contribution in [0.15, 0.2) is 48.8 Å². The number of hydrogen-bond donors (Lipinski definition) is 0. The van der Waals surface area contributed by atoms with E-state index in [1.54, 1.807) is 58.6 Å². The zero-order valence-electron chi connectivity index (χ0n) is 13.2. The van der Waals surface area contributed by atoms with Gasteiger partial charge in [-0.3, -0.25) is 14.6 Å². The highest BCUT2D eigenvalue weighted by atomic mass is 35.5. The molecule has 3 rings (SSSR count). The highest BCUT2D eigenvalue weighted by Crippen LogP contribution is 2.18. The van der Waals surface area contributed by atoms with Crippen molar-refractivity contribution in [1.29, 1.82) is 0 Å². The van der Waals surface area contributed by atoms with Crippen LogP contribution in [-0.4, -0.2) is 52.8 Å². The third kappa shape index (κ3) is 3.57. The largest absolute Gasteiger partial charge is 0.337 e. The molecule has 1 aromatic heterocycles. The van der Waals surface area contributed by atoms with Gasteiger partial charge in [-0.2, -0.15) is 0 Å². The van der Waals surface area contributed by atoms with E-state index in [1.165, 1.54) is 0 Å². The molecular weight excluding hydrogens is 326 g/mol. The van der Waals surface area contributed by atoms with Gasteiger partial charge in [0, 0.05) is 38.6 Å². The van der Waals surface area contributed by atoms with Crippen LogP contribution in [-0.2, 0) is 0 Å². The van der Waals surface area contributed by atoms with E-state index < -0.39 is 0 Å². The van der Waals surface area contributed by atoms with Crippen molar-refractivity contribution in [3.63, 3.8) is 0 Å². The molecule has 0 bridgehead atoms. The van der Waals surface area contributed by atoms with Crippen molar-refractivity contribution in [3.05, 3.63) is 64.9 Å². The fraction of sp³-hybridized carbons (Fsp3) is 0.278. The van der Waals surface area contributed by atoms with E-state index in [-0.39, 0.29) is 11.8 Å². The van der Waals surface area contributed by atoms with E-state index >= 15 is 0 Å². The van der Waals surface area contributed by atoms with Crippen molar-refractivity contribution in [3.8, 4) is 0 Å². The number of hydrogen-bond acceptors (Lipinski definition) is 3. The summed E-state index contributed by atoms with van der Waals surface area (Å²) in [7, 11) is 0. The summed E-state index contributed by atoms with van der Waals surface area (Å²) >= 11 is 6.12. The lowest BCUT2D eigenvalue weighted by Gasteiger charge is -2.22. The van der Waals surface area contributed by atoms with Gasteiger partial charge in [0.25, 0.3) is 11.8 Å². The van der Waals surface area contributed by atoms with Gasteiger partial charge in [0.2, 0.25) is 0 Å². The number of amides is 2. The maximum atomic E-state index is 12.6. The highest BCUT2D eigenvalue weighted by molar-refractivity contribution is 6.33. The second kappa shape index (κ2) is 7.45. The Morgan fingerprint density at radius 1 is 0.917 bits per heavy atom. The first-order valence-electron chi connectivity index (χ1n) is 7.90. The maximum absolute atomic E-state index is 12.6. The minimum Gasteiger partial charge on any atom is -0.337 e. The van der Waals surface area contributed by atoms with Crippen LogP contribution in [0.1, 0.15) is 27.1 Å². The molecule has 0 saturated carbocycles. The molecular formula is C18H18ClN3O2. The summed E-state index contributed by atoms with van der Waals surface area (Å²) in [6, 6.07) is 10.6. The maximum Gasteiger partial charge on any atom is 0.255 e. The average Bonchev–Trinajstić information content (AvgIpc) is 2.88. The first kappa shape index (κ1) is 16.5. The molecule has 5 nitrogen and oxygen atoms in total. The fourth-order valence-corrected chi connectivity index (χ4v) is 3.02. The molecule has 6 heteroatoms. The summed E-state index contributed by atoms with van der Waals surface area (Å²) in [6.07, 6.45) is 3.95. The van der Waals surface area contributed by atoms with Crippen LogP contribution >= 0.6 is 11.6 Å². The lowest BCUT2D eigenvalue weighted by Crippen LogP contribution is -2.37. The van der Waals surface area contributed by atoms with Gasteiger partial charge in [0.15, 0.2) is 0 Å². The normalized spacial score (nSPS) is 15.0. The molecule has 0 radical (unpaired) electrons. The second-order valence-electron chi connectivity index (χ2n) is 5.66. The van der Waals surface area contributed by atoms with Crippen molar-refractivity contribution < 1.29 is 9.59 Å². The van der Waals surface area contributed by atoms with Gasteiger partial charge in [0.05, 0.1) is 16.1 Å². The number of benzene rings is 1. The molecule has 1 fully saturated rings. The first-order valence-corrected chi connectivity index (χ1v) is 8.28. The highest BCUT2D eigenvalue weighted by Gasteiger charge is 2.24. The van der Waals surface area contributed by atoms with Crippen LogP contribution in [0.4, 0.5) is 0 Å². The Kier molecular flexibility index (Phi) is 5.11. The Bertz CT molecular complexity index is 736. The molecule has 24 heavy (non-hydrogen) atoms. The number of aromatic nitrogens is 1. The number of nitrogens with zero attached hydrogens (tertiary/aromatic N) is 3. The van der Waals surface area contributed by atoms with E-state index in [1.807, 2.05) is 0 Å². The molecule has 1 aromatic carbocycles. The van der Waals surface area contributed by atoms with Gasteiger partial charge in [0.1, 0.15) is 0 Å². The van der Waals surface area contributed by atoms with Gasteiger partial charge >= 0.3 is 0 Å². The molecule has 1 saturated heterocycles. The van der Waals surface area contributed by atoms with E-state index in [9.17, 15) is 9.59 Å². The van der Waals surface area contributed by atoms with Gasteiger partial charge in [-0.05, 0) is 30.7 Å². The lowest BCUT2D eigenvalue weighted by molar-refractivity contribution is 0.0718. The molecule has 124 valence electrons. The number of pyridine rings is 1. The van der Waals surface area contributed by atoms with Crippen molar-refractivity contribution in [2.24, 2.45) is 0 Å². The van der Waals surface area contributed by atoms with Crippen LogP contribution in [0.3, 0.4) is 0 Å². The fourth-order valence-electron chi connectivity index (χ4n) is 2.80. The van der Waals surface area contributed by atoms with Crippen molar-refractivity contribution >= 4 is 23.4 Å². The standard InChI is InChI=1S/C18H18ClN3O2/c19-16-7-2-1-6-15(16)18(24)22-10-4-9-21(11-12-22)17(23)14-5-3-8-20-13-14/h1-3,5-8,13H,4,9-12H2. The lowest BCUT2D eigenvalue weighted by atomic mass is 10.2. The van der Waals surface area contributed by atoms with Crippen LogP contribution in [0, 0.1) is 0 Å².